The molecule has 1 saturated heterocycles. The topological polar surface area (TPSA) is 73.8 Å². The van der Waals surface area contributed by atoms with Gasteiger partial charge in [0, 0.05) is 15.7 Å². The molecule has 0 aliphatic carbocycles. The maximum Gasteiger partial charge on any atom is 0.259 e. The van der Waals surface area contributed by atoms with Crippen LogP contribution in [0, 0.1) is 0 Å². The van der Waals surface area contributed by atoms with Crippen molar-refractivity contribution >= 4 is 63.3 Å². The highest BCUT2D eigenvalue weighted by Crippen LogP contribution is 2.32. The third-order valence-electron chi connectivity index (χ3n) is 3.66. The maximum absolute atomic E-state index is 12.5. The van der Waals surface area contributed by atoms with Gasteiger partial charge >= 0.3 is 0 Å². The van der Waals surface area contributed by atoms with E-state index in [0.717, 1.165) is 5.69 Å². The first kappa shape index (κ1) is 19.5. The Morgan fingerprint density at radius 2 is 1.89 bits per heavy atom. The van der Waals surface area contributed by atoms with Crippen LogP contribution in [-0.4, -0.2) is 28.8 Å². The fraction of sp³-hybridized carbons (Fsp3) is 0.167. The summed E-state index contributed by atoms with van der Waals surface area (Å²) in [6.45, 7) is 1.80. The molecule has 1 unspecified atom stereocenters. The Kier molecular flexibility index (Phi) is 6.26. The summed E-state index contributed by atoms with van der Waals surface area (Å²) in [6.07, 6.45) is 0. The summed E-state index contributed by atoms with van der Waals surface area (Å²) in [7, 11) is 0. The largest absolute Gasteiger partial charge is 0.376 e. The first-order valence-electron chi connectivity index (χ1n) is 8.06. The summed E-state index contributed by atoms with van der Waals surface area (Å²) >= 11 is 13.2. The van der Waals surface area contributed by atoms with Crippen molar-refractivity contribution in [2.45, 2.75) is 12.2 Å². The van der Waals surface area contributed by atoms with Crippen molar-refractivity contribution in [3.05, 3.63) is 58.6 Å². The van der Waals surface area contributed by atoms with Gasteiger partial charge in [0.15, 0.2) is 5.17 Å². The smallest absolute Gasteiger partial charge is 0.259 e. The Morgan fingerprint density at radius 3 is 2.59 bits per heavy atom. The number of thioether (sulfide) groups is 1. The fourth-order valence-corrected chi connectivity index (χ4v) is 3.69. The molecule has 0 bridgehead atoms. The van der Waals surface area contributed by atoms with Gasteiger partial charge in [-0.05, 0) is 43.3 Å². The van der Waals surface area contributed by atoms with E-state index in [9.17, 15) is 9.59 Å². The molecular weight excluding hydrogens is 407 g/mol. The first-order chi connectivity index (χ1) is 12.9. The highest BCUT2D eigenvalue weighted by molar-refractivity contribution is 8.16. The van der Waals surface area contributed by atoms with Crippen LogP contribution in [0.25, 0.3) is 0 Å². The second-order valence-electron chi connectivity index (χ2n) is 5.71. The second kappa shape index (κ2) is 8.65. The van der Waals surface area contributed by atoms with Crippen LogP contribution in [0.4, 0.5) is 11.4 Å². The van der Waals surface area contributed by atoms with Gasteiger partial charge in [-0.2, -0.15) is 0 Å². The lowest BCUT2D eigenvalue weighted by molar-refractivity contribution is -0.119. The number of carbonyl (C=O) groups excluding carboxylic acids is 2. The minimum absolute atomic E-state index is 0.0163. The third-order valence-corrected chi connectivity index (χ3v) is 5.17. The number of carbonyl (C=O) groups is 2. The van der Waals surface area contributed by atoms with Gasteiger partial charge in [-0.25, -0.2) is 5.43 Å². The van der Waals surface area contributed by atoms with Crippen LogP contribution >= 0.6 is 35.0 Å². The third kappa shape index (κ3) is 4.94. The van der Waals surface area contributed by atoms with Gasteiger partial charge < -0.3 is 5.32 Å². The number of halogens is 2. The summed E-state index contributed by atoms with van der Waals surface area (Å²) in [5.74, 6) is -0.464. The molecule has 0 aromatic heterocycles. The molecule has 0 saturated carbocycles. The molecule has 2 N–H and O–H groups in total. The molecule has 1 fully saturated rings. The molecule has 1 aliphatic heterocycles. The van der Waals surface area contributed by atoms with Gasteiger partial charge in [0.25, 0.3) is 5.91 Å². The van der Waals surface area contributed by atoms with E-state index in [1.807, 2.05) is 0 Å². The monoisotopic (exact) mass is 422 g/mol. The van der Waals surface area contributed by atoms with Gasteiger partial charge in [0.2, 0.25) is 5.91 Å². The number of hydrogen-bond acceptors (Lipinski definition) is 5. The van der Waals surface area contributed by atoms with Crippen molar-refractivity contribution in [1.29, 1.82) is 0 Å². The van der Waals surface area contributed by atoms with E-state index in [0.29, 0.717) is 20.9 Å². The van der Waals surface area contributed by atoms with Crippen LogP contribution in [0.15, 0.2) is 53.6 Å². The fourth-order valence-electron chi connectivity index (χ4n) is 2.40. The predicted molar refractivity (Wildman–Crippen MR) is 112 cm³/mol. The summed E-state index contributed by atoms with van der Waals surface area (Å²) in [4.78, 5) is 26.0. The molecule has 2 aromatic carbocycles. The molecule has 9 heteroatoms. The molecule has 1 aliphatic rings. The summed E-state index contributed by atoms with van der Waals surface area (Å²) in [5, 5.41) is 8.26. The molecule has 0 radical (unpaired) electrons. The maximum atomic E-state index is 12.5. The number of amidine groups is 1. The number of hydrazone groups is 1. The number of hydrogen-bond donors (Lipinski definition) is 2. The Labute approximate surface area is 170 Å². The summed E-state index contributed by atoms with van der Waals surface area (Å²) < 4.78 is 0. The van der Waals surface area contributed by atoms with Gasteiger partial charge in [-0.1, -0.05) is 47.1 Å². The zero-order valence-electron chi connectivity index (χ0n) is 14.3. The zero-order valence-corrected chi connectivity index (χ0v) is 16.6. The number of anilines is 2. The molecule has 1 atom stereocenters. The molecule has 140 valence electrons. The van der Waals surface area contributed by atoms with E-state index in [2.05, 4.69) is 15.8 Å². The molecule has 3 rings (SSSR count). The average molecular weight is 423 g/mol. The summed E-state index contributed by atoms with van der Waals surface area (Å²) in [5.41, 5.74) is 3.80. The highest BCUT2D eigenvalue weighted by Gasteiger charge is 2.36. The van der Waals surface area contributed by atoms with E-state index < -0.39 is 0 Å². The van der Waals surface area contributed by atoms with Crippen molar-refractivity contribution < 1.29 is 9.59 Å². The van der Waals surface area contributed by atoms with Crippen molar-refractivity contribution in [3.8, 4) is 0 Å². The van der Waals surface area contributed by atoms with Crippen molar-refractivity contribution in [2.24, 2.45) is 5.10 Å². The quantitative estimate of drug-likeness (QED) is 0.714. The molecule has 27 heavy (non-hydrogen) atoms. The average Bonchev–Trinajstić information content (AvgIpc) is 2.92. The van der Waals surface area contributed by atoms with Gasteiger partial charge in [-0.3, -0.25) is 14.5 Å². The lowest BCUT2D eigenvalue weighted by atomic mass is 10.3. The standard InChI is InChI=1S/C18H16Cl2N4O2S/c1-11-17(26)24(15-7-3-5-13(20)9-15)18(27-11)23-22-16(25)10-21-14-6-2-4-12(19)8-14/h2-9,11,21H,10H2,1H3,(H,22,25). The molecular formula is C18H16Cl2N4O2S. The van der Waals surface area contributed by atoms with Crippen LogP contribution in [0.3, 0.4) is 0 Å². The second-order valence-corrected chi connectivity index (χ2v) is 7.89. The minimum Gasteiger partial charge on any atom is -0.376 e. The van der Waals surface area contributed by atoms with Gasteiger partial charge in [0.05, 0.1) is 17.5 Å². The highest BCUT2D eigenvalue weighted by atomic mass is 35.5. The molecule has 1 heterocycles. The van der Waals surface area contributed by atoms with Gasteiger partial charge in [-0.15, -0.1) is 5.10 Å². The van der Waals surface area contributed by atoms with Crippen LogP contribution in [-0.2, 0) is 9.59 Å². The van der Waals surface area contributed by atoms with Crippen LogP contribution in [0.1, 0.15) is 6.92 Å². The van der Waals surface area contributed by atoms with Crippen molar-refractivity contribution in [1.82, 2.24) is 5.43 Å². The normalized spacial score (nSPS) is 18.0. The molecule has 2 aromatic rings. The van der Waals surface area contributed by atoms with E-state index in [4.69, 9.17) is 23.2 Å². The number of nitrogens with one attached hydrogen (secondary N) is 2. The van der Waals surface area contributed by atoms with Crippen LogP contribution in [0.5, 0.6) is 0 Å². The zero-order chi connectivity index (χ0) is 19.4. The number of nitrogens with zero attached hydrogens (tertiary/aromatic N) is 2. The van der Waals surface area contributed by atoms with E-state index in [1.165, 1.54) is 16.7 Å². The Bertz CT molecular complexity index is 906. The number of amides is 2. The Morgan fingerprint density at radius 1 is 1.19 bits per heavy atom. The van der Waals surface area contributed by atoms with E-state index in [1.54, 1.807) is 55.5 Å². The van der Waals surface area contributed by atoms with Crippen molar-refractivity contribution in [2.75, 3.05) is 16.8 Å². The number of benzene rings is 2. The first-order valence-corrected chi connectivity index (χ1v) is 9.70. The molecule has 2 amide bonds. The van der Waals surface area contributed by atoms with E-state index in [-0.39, 0.29) is 23.6 Å². The predicted octanol–water partition coefficient (Wildman–Crippen LogP) is 3.96. The summed E-state index contributed by atoms with van der Waals surface area (Å²) in [6, 6.07) is 14.0. The lowest BCUT2D eigenvalue weighted by Gasteiger charge is -2.16. The lowest BCUT2D eigenvalue weighted by Crippen LogP contribution is -2.34. The Hall–Kier alpha value is -2.22. The molecule has 0 spiro atoms. The van der Waals surface area contributed by atoms with Crippen LogP contribution in [0.2, 0.25) is 10.0 Å². The van der Waals surface area contributed by atoms with Gasteiger partial charge in [0.1, 0.15) is 0 Å². The Balaban J connectivity index is 1.67. The SMILES string of the molecule is CC1SC(=NNC(=O)CNc2cccc(Cl)c2)N(c2cccc(Cl)c2)C1=O. The number of rotatable bonds is 5. The van der Waals surface area contributed by atoms with Crippen molar-refractivity contribution in [3.63, 3.8) is 0 Å². The van der Waals surface area contributed by atoms with Crippen LogP contribution < -0.4 is 15.6 Å². The minimum atomic E-state index is -0.346. The molecule has 6 nitrogen and oxygen atoms in total. The van der Waals surface area contributed by atoms with E-state index >= 15 is 0 Å².